The highest BCUT2D eigenvalue weighted by Gasteiger charge is 2.11. The number of hydrogen-bond donors (Lipinski definition) is 0. The highest BCUT2D eigenvalue weighted by Crippen LogP contribution is 2.26. The van der Waals surface area contributed by atoms with E-state index in [2.05, 4.69) is 0 Å². The van der Waals surface area contributed by atoms with E-state index in [4.69, 9.17) is 0 Å². The molecule has 2 rings (SSSR count). The van der Waals surface area contributed by atoms with E-state index in [1.165, 1.54) is 6.92 Å². The number of para-hydroxylation sites is 1. The molecule has 1 aromatic heterocycles. The summed E-state index contributed by atoms with van der Waals surface area (Å²) in [7, 11) is 1.93. The summed E-state index contributed by atoms with van der Waals surface area (Å²) in [4.78, 5) is 0. The molecule has 1 heterocycles. The SMILES string of the molecule is C[C](F)c1cn(C)c2ccccc12. The molecule has 2 heteroatoms. The van der Waals surface area contributed by atoms with E-state index in [1.54, 1.807) is 0 Å². The standard InChI is InChI=1S/C11H11FN/c1-8(12)10-7-13(2)11-6-4-3-5-9(10)11/h3-7H,1-2H3. The topological polar surface area (TPSA) is 4.93 Å². The van der Waals surface area contributed by atoms with Gasteiger partial charge in [0.05, 0.1) is 0 Å². The molecule has 13 heavy (non-hydrogen) atoms. The molecule has 2 aromatic rings. The van der Waals surface area contributed by atoms with Gasteiger partial charge in [-0.15, -0.1) is 0 Å². The fraction of sp³-hybridized carbons (Fsp3) is 0.182. The third-order valence-electron chi connectivity index (χ3n) is 2.27. The third kappa shape index (κ3) is 1.22. The molecule has 1 aromatic carbocycles. The summed E-state index contributed by atoms with van der Waals surface area (Å²) >= 11 is 0. The Kier molecular flexibility index (Phi) is 1.83. The quantitative estimate of drug-likeness (QED) is 0.629. The average Bonchev–Trinajstić information content (AvgIpc) is 2.45. The number of benzene rings is 1. The number of hydrogen-bond acceptors (Lipinski definition) is 0. The number of nitrogens with zero attached hydrogens (tertiary/aromatic N) is 1. The first-order chi connectivity index (χ1) is 6.20. The number of aryl methyl sites for hydroxylation is 1. The van der Waals surface area contributed by atoms with Crippen molar-refractivity contribution < 1.29 is 4.39 Å². The van der Waals surface area contributed by atoms with Crippen LogP contribution in [0.5, 0.6) is 0 Å². The molecule has 0 fully saturated rings. The average molecular weight is 176 g/mol. The number of halogens is 1. The first kappa shape index (κ1) is 8.30. The minimum absolute atomic E-state index is 0.128. The monoisotopic (exact) mass is 176 g/mol. The zero-order chi connectivity index (χ0) is 9.42. The molecule has 1 radical (unpaired) electrons. The number of rotatable bonds is 1. The van der Waals surface area contributed by atoms with Gasteiger partial charge >= 0.3 is 0 Å². The van der Waals surface area contributed by atoms with Gasteiger partial charge in [-0.05, 0) is 13.0 Å². The Morgan fingerprint density at radius 2 is 2.00 bits per heavy atom. The summed E-state index contributed by atoms with van der Waals surface area (Å²) < 4.78 is 15.0. The van der Waals surface area contributed by atoms with Crippen molar-refractivity contribution in [1.29, 1.82) is 0 Å². The molecular formula is C11H11FN. The van der Waals surface area contributed by atoms with Gasteiger partial charge in [-0.2, -0.15) is 0 Å². The zero-order valence-electron chi connectivity index (χ0n) is 7.71. The Hall–Kier alpha value is -1.31. The van der Waals surface area contributed by atoms with Gasteiger partial charge in [-0.25, -0.2) is 4.39 Å². The summed E-state index contributed by atoms with van der Waals surface area (Å²) in [5.74, 6) is 0. The van der Waals surface area contributed by atoms with Gasteiger partial charge in [0.15, 0.2) is 6.17 Å². The van der Waals surface area contributed by atoms with Gasteiger partial charge < -0.3 is 4.57 Å². The van der Waals surface area contributed by atoms with Gasteiger partial charge in [0.1, 0.15) is 0 Å². The number of fused-ring (bicyclic) bond motifs is 1. The summed E-state index contributed by atoms with van der Waals surface area (Å²) in [5, 5.41) is 0.977. The van der Waals surface area contributed by atoms with E-state index in [0.29, 0.717) is 5.56 Å². The van der Waals surface area contributed by atoms with Crippen LogP contribution < -0.4 is 0 Å². The maximum absolute atomic E-state index is 13.1. The molecule has 0 amide bonds. The van der Waals surface area contributed by atoms with Crippen LogP contribution in [0.2, 0.25) is 0 Å². The molecular weight excluding hydrogens is 165 g/mol. The zero-order valence-corrected chi connectivity index (χ0v) is 7.71. The molecule has 0 aliphatic rings. The van der Waals surface area contributed by atoms with Crippen LogP contribution in [-0.4, -0.2) is 4.57 Å². The van der Waals surface area contributed by atoms with Crippen LogP contribution in [0.1, 0.15) is 12.5 Å². The molecule has 0 N–H and O–H groups in total. The molecule has 0 unspecified atom stereocenters. The first-order valence-electron chi connectivity index (χ1n) is 4.23. The fourth-order valence-corrected chi connectivity index (χ4v) is 1.62. The predicted molar refractivity (Wildman–Crippen MR) is 52.0 cm³/mol. The largest absolute Gasteiger partial charge is 0.350 e. The summed E-state index contributed by atoms with van der Waals surface area (Å²) in [6.07, 6.45) is 1.69. The van der Waals surface area contributed by atoms with Crippen LogP contribution in [0.25, 0.3) is 10.9 Å². The summed E-state index contributed by atoms with van der Waals surface area (Å²) in [6, 6.07) is 7.81. The lowest BCUT2D eigenvalue weighted by Gasteiger charge is -1.96. The molecule has 1 nitrogen and oxygen atoms in total. The predicted octanol–water partition coefficient (Wildman–Crippen LogP) is 3.05. The molecule has 0 atom stereocenters. The van der Waals surface area contributed by atoms with Gasteiger partial charge in [0, 0.05) is 29.7 Å². The Labute approximate surface area is 76.8 Å². The second-order valence-corrected chi connectivity index (χ2v) is 3.20. The molecule has 0 bridgehead atoms. The van der Waals surface area contributed by atoms with Gasteiger partial charge in [-0.3, -0.25) is 0 Å². The highest BCUT2D eigenvalue weighted by atomic mass is 19.1. The maximum Gasteiger partial charge on any atom is 0.173 e. The van der Waals surface area contributed by atoms with Crippen LogP contribution in [0.3, 0.4) is 0 Å². The summed E-state index contributed by atoms with van der Waals surface area (Å²) in [6.45, 7) is 1.49. The fourth-order valence-electron chi connectivity index (χ4n) is 1.62. The van der Waals surface area contributed by atoms with E-state index in [9.17, 15) is 4.39 Å². The van der Waals surface area contributed by atoms with E-state index >= 15 is 0 Å². The molecule has 0 spiro atoms. The Bertz CT molecular complexity index is 429. The lowest BCUT2D eigenvalue weighted by atomic mass is 10.1. The van der Waals surface area contributed by atoms with E-state index < -0.39 is 0 Å². The van der Waals surface area contributed by atoms with Crippen molar-refractivity contribution in [2.75, 3.05) is 0 Å². The second-order valence-electron chi connectivity index (χ2n) is 3.20. The number of aromatic nitrogens is 1. The van der Waals surface area contributed by atoms with E-state index in [-0.39, 0.29) is 6.17 Å². The van der Waals surface area contributed by atoms with Crippen LogP contribution in [0.4, 0.5) is 4.39 Å². The highest BCUT2D eigenvalue weighted by molar-refractivity contribution is 5.85. The van der Waals surface area contributed by atoms with Crippen LogP contribution >= 0.6 is 0 Å². The lowest BCUT2D eigenvalue weighted by molar-refractivity contribution is 0.547. The van der Waals surface area contributed by atoms with E-state index in [0.717, 1.165) is 10.9 Å². The van der Waals surface area contributed by atoms with Gasteiger partial charge in [-0.1, -0.05) is 18.2 Å². The van der Waals surface area contributed by atoms with Crippen molar-refractivity contribution >= 4 is 10.9 Å². The minimum atomic E-state index is -0.128. The van der Waals surface area contributed by atoms with Crippen molar-refractivity contribution in [2.45, 2.75) is 6.92 Å². The van der Waals surface area contributed by atoms with Crippen LogP contribution in [0, 0.1) is 6.17 Å². The Morgan fingerprint density at radius 3 is 2.69 bits per heavy atom. The summed E-state index contributed by atoms with van der Waals surface area (Å²) in [5.41, 5.74) is 1.76. The molecule has 0 aliphatic heterocycles. The van der Waals surface area contributed by atoms with Crippen LogP contribution in [-0.2, 0) is 7.05 Å². The molecule has 0 saturated carbocycles. The van der Waals surface area contributed by atoms with Crippen molar-refractivity contribution in [2.24, 2.45) is 7.05 Å². The smallest absolute Gasteiger partial charge is 0.173 e. The lowest BCUT2D eigenvalue weighted by Crippen LogP contribution is -1.83. The van der Waals surface area contributed by atoms with Crippen LogP contribution in [0.15, 0.2) is 30.5 Å². The second kappa shape index (κ2) is 2.87. The van der Waals surface area contributed by atoms with Crippen molar-refractivity contribution in [1.82, 2.24) is 4.57 Å². The Morgan fingerprint density at radius 1 is 1.31 bits per heavy atom. The van der Waals surface area contributed by atoms with Crippen molar-refractivity contribution in [3.8, 4) is 0 Å². The third-order valence-corrected chi connectivity index (χ3v) is 2.27. The van der Waals surface area contributed by atoms with Crippen molar-refractivity contribution in [3.63, 3.8) is 0 Å². The molecule has 0 saturated heterocycles. The van der Waals surface area contributed by atoms with Crippen molar-refractivity contribution in [3.05, 3.63) is 42.2 Å². The normalized spacial score (nSPS) is 11.4. The Balaban J connectivity index is 2.78. The first-order valence-corrected chi connectivity index (χ1v) is 4.23. The van der Waals surface area contributed by atoms with E-state index in [1.807, 2.05) is 42.1 Å². The molecule has 67 valence electrons. The van der Waals surface area contributed by atoms with Gasteiger partial charge in [0.2, 0.25) is 0 Å². The van der Waals surface area contributed by atoms with Gasteiger partial charge in [0.25, 0.3) is 0 Å². The minimum Gasteiger partial charge on any atom is -0.350 e. The molecule has 0 aliphatic carbocycles. The maximum atomic E-state index is 13.1.